The molecule has 1 aromatic carbocycles. The summed E-state index contributed by atoms with van der Waals surface area (Å²) in [5.74, 6) is 1.12. The first-order valence-electron chi connectivity index (χ1n) is 6.45. The second-order valence-corrected chi connectivity index (χ2v) is 5.02. The fourth-order valence-electron chi connectivity index (χ4n) is 2.13. The summed E-state index contributed by atoms with van der Waals surface area (Å²) in [5, 5.41) is 0.698. The van der Waals surface area contributed by atoms with E-state index in [0.29, 0.717) is 30.0 Å². The third-order valence-corrected chi connectivity index (χ3v) is 3.42. The maximum absolute atomic E-state index is 5.90. The largest absolute Gasteiger partial charge is 0.384 e. The van der Waals surface area contributed by atoms with E-state index in [9.17, 15) is 0 Å². The van der Waals surface area contributed by atoms with Crippen LogP contribution in [0.4, 0.5) is 11.8 Å². The molecule has 1 fully saturated rings. The van der Waals surface area contributed by atoms with Crippen LogP contribution in [0.15, 0.2) is 30.3 Å². The maximum atomic E-state index is 5.90. The van der Waals surface area contributed by atoms with Crippen molar-refractivity contribution in [3.8, 4) is 11.3 Å². The Kier molecular flexibility index (Phi) is 3.71. The van der Waals surface area contributed by atoms with Crippen LogP contribution in [-0.2, 0) is 4.74 Å². The Morgan fingerprint density at radius 2 is 1.80 bits per heavy atom. The first-order chi connectivity index (χ1) is 9.72. The van der Waals surface area contributed by atoms with Crippen molar-refractivity contribution in [2.24, 2.45) is 0 Å². The molecule has 0 spiro atoms. The smallest absolute Gasteiger partial charge is 0.228 e. The van der Waals surface area contributed by atoms with E-state index in [1.807, 2.05) is 24.3 Å². The van der Waals surface area contributed by atoms with E-state index < -0.39 is 0 Å². The average molecular weight is 291 g/mol. The molecule has 0 aliphatic carbocycles. The summed E-state index contributed by atoms with van der Waals surface area (Å²) in [5.41, 5.74) is 7.67. The molecule has 2 heterocycles. The number of halogens is 1. The molecule has 0 bridgehead atoms. The molecule has 5 nitrogen and oxygen atoms in total. The number of nitrogen functional groups attached to an aromatic ring is 1. The molecule has 104 valence electrons. The normalized spacial score (nSPS) is 15.3. The first kappa shape index (κ1) is 13.1. The Balaban J connectivity index is 1.95. The van der Waals surface area contributed by atoms with Crippen LogP contribution in [0.1, 0.15) is 0 Å². The fraction of sp³-hybridized carbons (Fsp3) is 0.286. The van der Waals surface area contributed by atoms with E-state index >= 15 is 0 Å². The third kappa shape index (κ3) is 2.84. The fourth-order valence-corrected chi connectivity index (χ4v) is 2.25. The Morgan fingerprint density at radius 3 is 2.50 bits per heavy atom. The molecule has 1 aliphatic heterocycles. The maximum Gasteiger partial charge on any atom is 0.228 e. The summed E-state index contributed by atoms with van der Waals surface area (Å²) in [6.07, 6.45) is 0. The van der Waals surface area contributed by atoms with Gasteiger partial charge in [0.05, 0.1) is 18.9 Å². The van der Waals surface area contributed by atoms with Gasteiger partial charge in [0.25, 0.3) is 0 Å². The number of anilines is 2. The van der Waals surface area contributed by atoms with E-state index in [-0.39, 0.29) is 0 Å². The minimum atomic E-state index is 0.464. The van der Waals surface area contributed by atoms with Crippen LogP contribution >= 0.6 is 11.6 Å². The van der Waals surface area contributed by atoms with Crippen molar-refractivity contribution in [3.63, 3.8) is 0 Å². The quantitative estimate of drug-likeness (QED) is 0.919. The van der Waals surface area contributed by atoms with E-state index in [2.05, 4.69) is 14.9 Å². The summed E-state index contributed by atoms with van der Waals surface area (Å²) in [4.78, 5) is 11.0. The van der Waals surface area contributed by atoms with Gasteiger partial charge in [-0.2, -0.15) is 4.98 Å². The van der Waals surface area contributed by atoms with Crippen LogP contribution in [0.3, 0.4) is 0 Å². The van der Waals surface area contributed by atoms with Crippen LogP contribution < -0.4 is 10.6 Å². The van der Waals surface area contributed by atoms with Gasteiger partial charge in [0.2, 0.25) is 5.95 Å². The highest BCUT2D eigenvalue weighted by Gasteiger charge is 2.15. The molecule has 6 heteroatoms. The molecule has 0 radical (unpaired) electrons. The molecule has 0 saturated carbocycles. The second-order valence-electron chi connectivity index (χ2n) is 4.58. The van der Waals surface area contributed by atoms with Crippen LogP contribution in [0.2, 0.25) is 5.02 Å². The van der Waals surface area contributed by atoms with Crippen molar-refractivity contribution >= 4 is 23.4 Å². The highest BCUT2D eigenvalue weighted by molar-refractivity contribution is 6.30. The van der Waals surface area contributed by atoms with Crippen molar-refractivity contribution in [1.29, 1.82) is 0 Å². The van der Waals surface area contributed by atoms with Crippen LogP contribution in [0, 0.1) is 0 Å². The monoisotopic (exact) mass is 290 g/mol. The number of ether oxygens (including phenoxy) is 1. The molecule has 0 atom stereocenters. The third-order valence-electron chi connectivity index (χ3n) is 3.17. The highest BCUT2D eigenvalue weighted by atomic mass is 35.5. The summed E-state index contributed by atoms with van der Waals surface area (Å²) >= 11 is 5.90. The van der Waals surface area contributed by atoms with Gasteiger partial charge in [0.15, 0.2) is 0 Å². The SMILES string of the molecule is Nc1cc(-c2ccc(Cl)cc2)nc(N2CCOCC2)n1. The summed E-state index contributed by atoms with van der Waals surface area (Å²) in [7, 11) is 0. The van der Waals surface area contributed by atoms with Gasteiger partial charge in [-0.15, -0.1) is 0 Å². The molecule has 0 unspecified atom stereocenters. The molecule has 1 aromatic heterocycles. The van der Waals surface area contributed by atoms with Crippen LogP contribution in [-0.4, -0.2) is 36.3 Å². The Bertz CT molecular complexity index is 597. The zero-order chi connectivity index (χ0) is 13.9. The predicted molar refractivity (Wildman–Crippen MR) is 79.9 cm³/mol. The number of rotatable bonds is 2. The number of nitrogens with zero attached hydrogens (tertiary/aromatic N) is 3. The van der Waals surface area contributed by atoms with Gasteiger partial charge < -0.3 is 15.4 Å². The zero-order valence-corrected chi connectivity index (χ0v) is 11.7. The van der Waals surface area contributed by atoms with Gasteiger partial charge in [0.1, 0.15) is 5.82 Å². The van der Waals surface area contributed by atoms with Crippen molar-refractivity contribution < 1.29 is 4.74 Å². The number of nitrogens with two attached hydrogens (primary N) is 1. The molecular formula is C14H15ClN4O. The lowest BCUT2D eigenvalue weighted by molar-refractivity contribution is 0.122. The van der Waals surface area contributed by atoms with E-state index in [0.717, 1.165) is 24.3 Å². The lowest BCUT2D eigenvalue weighted by Gasteiger charge is -2.27. The zero-order valence-electron chi connectivity index (χ0n) is 10.9. The summed E-state index contributed by atoms with van der Waals surface area (Å²) in [6.45, 7) is 2.94. The molecule has 0 amide bonds. The van der Waals surface area contributed by atoms with Crippen molar-refractivity contribution in [2.45, 2.75) is 0 Å². The molecule has 2 aromatic rings. The lowest BCUT2D eigenvalue weighted by Crippen LogP contribution is -2.37. The summed E-state index contributed by atoms with van der Waals surface area (Å²) in [6, 6.07) is 9.29. The lowest BCUT2D eigenvalue weighted by atomic mass is 10.1. The summed E-state index contributed by atoms with van der Waals surface area (Å²) < 4.78 is 5.34. The standard InChI is InChI=1S/C14H15ClN4O/c15-11-3-1-10(2-4-11)12-9-13(16)18-14(17-12)19-5-7-20-8-6-19/h1-4,9H,5-8H2,(H2,16,17,18). The van der Waals surface area contributed by atoms with Crippen molar-refractivity contribution in [3.05, 3.63) is 35.4 Å². The molecule has 3 rings (SSSR count). The molecule has 2 N–H and O–H groups in total. The second kappa shape index (κ2) is 5.64. The minimum Gasteiger partial charge on any atom is -0.384 e. The van der Waals surface area contributed by atoms with E-state index in [1.165, 1.54) is 0 Å². The van der Waals surface area contributed by atoms with Crippen molar-refractivity contribution in [2.75, 3.05) is 36.9 Å². The number of hydrogen-bond donors (Lipinski definition) is 1. The van der Waals surface area contributed by atoms with Gasteiger partial charge in [-0.25, -0.2) is 4.98 Å². The first-order valence-corrected chi connectivity index (χ1v) is 6.83. The van der Waals surface area contributed by atoms with Gasteiger partial charge in [-0.1, -0.05) is 23.7 Å². The number of hydrogen-bond acceptors (Lipinski definition) is 5. The van der Waals surface area contributed by atoms with E-state index in [4.69, 9.17) is 22.1 Å². The molecular weight excluding hydrogens is 276 g/mol. The van der Waals surface area contributed by atoms with Gasteiger partial charge in [0, 0.05) is 29.7 Å². The average Bonchev–Trinajstić information content (AvgIpc) is 2.48. The Morgan fingerprint density at radius 1 is 1.10 bits per heavy atom. The topological polar surface area (TPSA) is 64.3 Å². The molecule has 1 aliphatic rings. The van der Waals surface area contributed by atoms with Crippen LogP contribution in [0.25, 0.3) is 11.3 Å². The van der Waals surface area contributed by atoms with Gasteiger partial charge in [-0.05, 0) is 12.1 Å². The van der Waals surface area contributed by atoms with Crippen LogP contribution in [0.5, 0.6) is 0 Å². The predicted octanol–water partition coefficient (Wildman–Crippen LogP) is 2.22. The number of morpholine rings is 1. The molecule has 1 saturated heterocycles. The Labute approximate surface area is 122 Å². The highest BCUT2D eigenvalue weighted by Crippen LogP contribution is 2.23. The number of aromatic nitrogens is 2. The molecule has 20 heavy (non-hydrogen) atoms. The minimum absolute atomic E-state index is 0.464. The van der Waals surface area contributed by atoms with Crippen molar-refractivity contribution in [1.82, 2.24) is 9.97 Å². The Hall–Kier alpha value is -1.85. The number of benzene rings is 1. The van der Waals surface area contributed by atoms with Gasteiger partial charge >= 0.3 is 0 Å². The van der Waals surface area contributed by atoms with Gasteiger partial charge in [-0.3, -0.25) is 0 Å². The van der Waals surface area contributed by atoms with E-state index in [1.54, 1.807) is 6.07 Å².